The molecule has 1 aromatic heterocycles. The smallest absolute Gasteiger partial charge is 0.234 e. The van der Waals surface area contributed by atoms with Crippen LogP contribution < -0.4 is 10.6 Å². The Hall–Kier alpha value is -2.20. The number of aromatic nitrogens is 1. The summed E-state index contributed by atoms with van der Waals surface area (Å²) in [7, 11) is 1.81. The Morgan fingerprint density at radius 3 is 2.55 bits per heavy atom. The van der Waals surface area contributed by atoms with Gasteiger partial charge in [-0.15, -0.1) is 24.0 Å². The minimum absolute atomic E-state index is 0. The van der Waals surface area contributed by atoms with Gasteiger partial charge in [-0.3, -0.25) is 19.7 Å². The lowest BCUT2D eigenvalue weighted by Gasteiger charge is -2.36. The standard InChI is InChI=1S/C23H32N6O.HI/c1-18(2)27-22(30)17-28-11-13-29(14-12-28)23(24-3)26-16-19-7-6-8-20(15-19)21-9-4-5-10-25-21;/h4-10,15,18H,11-14,16-17H2,1-3H3,(H,24,26)(H,27,30);1H. The van der Waals surface area contributed by atoms with E-state index in [2.05, 4.69) is 54.7 Å². The highest BCUT2D eigenvalue weighted by Crippen LogP contribution is 2.17. The molecule has 8 heteroatoms. The van der Waals surface area contributed by atoms with Gasteiger partial charge in [-0.25, -0.2) is 0 Å². The number of nitrogens with one attached hydrogen (secondary N) is 2. The first kappa shape index (κ1) is 25.1. The molecule has 2 N–H and O–H groups in total. The number of aliphatic imine (C=N–C) groups is 1. The molecule has 0 bridgehead atoms. The van der Waals surface area contributed by atoms with Crippen LogP contribution in [0.15, 0.2) is 53.7 Å². The summed E-state index contributed by atoms with van der Waals surface area (Å²) in [6.07, 6.45) is 1.81. The van der Waals surface area contributed by atoms with Crippen molar-refractivity contribution in [3.05, 3.63) is 54.2 Å². The second kappa shape index (κ2) is 12.6. The highest BCUT2D eigenvalue weighted by atomic mass is 127. The highest BCUT2D eigenvalue weighted by Gasteiger charge is 2.21. The molecule has 0 radical (unpaired) electrons. The van der Waals surface area contributed by atoms with Crippen molar-refractivity contribution in [3.63, 3.8) is 0 Å². The summed E-state index contributed by atoms with van der Waals surface area (Å²) in [5, 5.41) is 6.43. The van der Waals surface area contributed by atoms with Gasteiger partial charge >= 0.3 is 0 Å². The minimum Gasteiger partial charge on any atom is -0.353 e. The van der Waals surface area contributed by atoms with Crippen LogP contribution in [0, 0.1) is 0 Å². The molecule has 2 aromatic rings. The molecule has 1 amide bonds. The first-order valence-electron chi connectivity index (χ1n) is 10.5. The van der Waals surface area contributed by atoms with Crippen molar-refractivity contribution in [2.75, 3.05) is 39.8 Å². The van der Waals surface area contributed by atoms with Crippen LogP contribution in [0.3, 0.4) is 0 Å². The van der Waals surface area contributed by atoms with Gasteiger partial charge in [0.15, 0.2) is 5.96 Å². The number of benzene rings is 1. The maximum Gasteiger partial charge on any atom is 0.234 e. The average Bonchev–Trinajstić information content (AvgIpc) is 2.75. The maximum absolute atomic E-state index is 12.0. The van der Waals surface area contributed by atoms with Crippen molar-refractivity contribution >= 4 is 35.8 Å². The van der Waals surface area contributed by atoms with Crippen LogP contribution >= 0.6 is 24.0 Å². The molecule has 0 saturated carbocycles. The molecule has 1 aliphatic heterocycles. The minimum atomic E-state index is 0. The van der Waals surface area contributed by atoms with E-state index < -0.39 is 0 Å². The highest BCUT2D eigenvalue weighted by molar-refractivity contribution is 14.0. The van der Waals surface area contributed by atoms with Gasteiger partial charge < -0.3 is 15.5 Å². The summed E-state index contributed by atoms with van der Waals surface area (Å²) >= 11 is 0. The summed E-state index contributed by atoms with van der Waals surface area (Å²) in [4.78, 5) is 25.3. The zero-order valence-electron chi connectivity index (χ0n) is 18.5. The van der Waals surface area contributed by atoms with Crippen molar-refractivity contribution in [2.24, 2.45) is 4.99 Å². The van der Waals surface area contributed by atoms with E-state index in [1.165, 1.54) is 5.56 Å². The molecule has 3 rings (SSSR count). The number of pyridine rings is 1. The Bertz CT molecular complexity index is 850. The van der Waals surface area contributed by atoms with Crippen LogP contribution in [0.2, 0.25) is 0 Å². The molecule has 0 aliphatic carbocycles. The third kappa shape index (κ3) is 7.77. The van der Waals surface area contributed by atoms with Crippen molar-refractivity contribution in [1.29, 1.82) is 0 Å². The zero-order chi connectivity index (χ0) is 21.3. The Labute approximate surface area is 202 Å². The molecule has 1 aliphatic rings. The lowest BCUT2D eigenvalue weighted by atomic mass is 10.1. The van der Waals surface area contributed by atoms with E-state index in [1.807, 2.05) is 45.3 Å². The number of hydrogen-bond donors (Lipinski definition) is 2. The molecule has 31 heavy (non-hydrogen) atoms. The fraction of sp³-hybridized carbons (Fsp3) is 0.435. The Morgan fingerprint density at radius 1 is 1.13 bits per heavy atom. The van der Waals surface area contributed by atoms with Gasteiger partial charge in [-0.05, 0) is 37.6 Å². The topological polar surface area (TPSA) is 72.9 Å². The van der Waals surface area contributed by atoms with Gasteiger partial charge in [0.05, 0.1) is 12.2 Å². The monoisotopic (exact) mass is 536 g/mol. The van der Waals surface area contributed by atoms with Gasteiger partial charge in [-0.1, -0.05) is 24.3 Å². The first-order chi connectivity index (χ1) is 14.5. The lowest BCUT2D eigenvalue weighted by molar-refractivity contribution is -0.123. The normalized spacial score (nSPS) is 14.8. The molecule has 0 spiro atoms. The van der Waals surface area contributed by atoms with Gasteiger partial charge in [0.1, 0.15) is 0 Å². The number of halogens is 1. The van der Waals surface area contributed by atoms with Crippen molar-refractivity contribution < 1.29 is 4.79 Å². The van der Waals surface area contributed by atoms with E-state index in [0.717, 1.165) is 43.4 Å². The summed E-state index contributed by atoms with van der Waals surface area (Å²) in [5.41, 5.74) is 3.27. The number of carbonyl (C=O) groups excluding carboxylic acids is 1. The molecule has 1 aromatic carbocycles. The molecular weight excluding hydrogens is 503 g/mol. The Balaban J connectivity index is 0.00000341. The number of guanidine groups is 1. The predicted molar refractivity (Wildman–Crippen MR) is 137 cm³/mol. The molecular formula is C23H33IN6O. The molecule has 1 fully saturated rings. The predicted octanol–water partition coefficient (Wildman–Crippen LogP) is 2.58. The summed E-state index contributed by atoms with van der Waals surface area (Å²) in [5.74, 6) is 0.985. The van der Waals surface area contributed by atoms with Crippen molar-refractivity contribution in [1.82, 2.24) is 25.4 Å². The maximum atomic E-state index is 12.0. The van der Waals surface area contributed by atoms with Gasteiger partial charge in [-0.2, -0.15) is 0 Å². The van der Waals surface area contributed by atoms with Crippen LogP contribution in [0.1, 0.15) is 19.4 Å². The number of rotatable bonds is 6. The Kier molecular flexibility index (Phi) is 10.2. The number of hydrogen-bond acceptors (Lipinski definition) is 4. The van der Waals surface area contributed by atoms with E-state index in [9.17, 15) is 4.79 Å². The molecule has 0 atom stereocenters. The summed E-state index contributed by atoms with van der Waals surface area (Å²) < 4.78 is 0. The lowest BCUT2D eigenvalue weighted by Crippen LogP contribution is -2.54. The van der Waals surface area contributed by atoms with E-state index in [-0.39, 0.29) is 35.9 Å². The fourth-order valence-electron chi connectivity index (χ4n) is 3.58. The van der Waals surface area contributed by atoms with Crippen LogP contribution in [0.5, 0.6) is 0 Å². The first-order valence-corrected chi connectivity index (χ1v) is 10.5. The molecule has 7 nitrogen and oxygen atoms in total. The van der Waals surface area contributed by atoms with E-state index in [0.29, 0.717) is 13.1 Å². The second-order valence-corrected chi connectivity index (χ2v) is 7.80. The largest absolute Gasteiger partial charge is 0.353 e. The van der Waals surface area contributed by atoms with E-state index >= 15 is 0 Å². The zero-order valence-corrected chi connectivity index (χ0v) is 20.9. The second-order valence-electron chi connectivity index (χ2n) is 7.80. The third-order valence-corrected chi connectivity index (χ3v) is 5.04. The van der Waals surface area contributed by atoms with Crippen molar-refractivity contribution in [3.8, 4) is 11.3 Å². The quantitative estimate of drug-likeness (QED) is 0.338. The molecule has 0 unspecified atom stereocenters. The fourth-order valence-corrected chi connectivity index (χ4v) is 3.58. The van der Waals surface area contributed by atoms with Gasteiger partial charge in [0, 0.05) is 57.6 Å². The molecule has 168 valence electrons. The molecule has 1 saturated heterocycles. The van der Waals surface area contributed by atoms with E-state index in [4.69, 9.17) is 0 Å². The molecule has 2 heterocycles. The Morgan fingerprint density at radius 2 is 1.90 bits per heavy atom. The van der Waals surface area contributed by atoms with Crippen molar-refractivity contribution in [2.45, 2.75) is 26.4 Å². The number of carbonyl (C=O) groups is 1. The van der Waals surface area contributed by atoms with Crippen LogP contribution in [-0.4, -0.2) is 72.5 Å². The van der Waals surface area contributed by atoms with Crippen LogP contribution in [-0.2, 0) is 11.3 Å². The van der Waals surface area contributed by atoms with Crippen LogP contribution in [0.4, 0.5) is 0 Å². The van der Waals surface area contributed by atoms with E-state index in [1.54, 1.807) is 0 Å². The average molecular weight is 536 g/mol. The SMILES string of the molecule is CN=C(NCc1cccc(-c2ccccn2)c1)N1CCN(CC(=O)NC(C)C)CC1.I. The number of piperazine rings is 1. The van der Waals surface area contributed by atoms with Crippen LogP contribution in [0.25, 0.3) is 11.3 Å². The van der Waals surface area contributed by atoms with Gasteiger partial charge in [0.25, 0.3) is 0 Å². The number of amides is 1. The summed E-state index contributed by atoms with van der Waals surface area (Å²) in [6, 6.07) is 14.5. The number of nitrogens with zero attached hydrogens (tertiary/aromatic N) is 4. The third-order valence-electron chi connectivity index (χ3n) is 5.04. The summed E-state index contributed by atoms with van der Waals surface area (Å²) in [6.45, 7) is 8.52. The van der Waals surface area contributed by atoms with Gasteiger partial charge in [0.2, 0.25) is 5.91 Å².